The maximum Gasteiger partial charge on any atom is 0.322 e. The highest BCUT2D eigenvalue weighted by Gasteiger charge is 2.09. The zero-order valence-corrected chi connectivity index (χ0v) is 12.2. The molecule has 132 valence electrons. The average molecular weight is 326 g/mol. The third-order valence-corrected chi connectivity index (χ3v) is 1.97. The second-order valence-corrected chi connectivity index (χ2v) is 3.95. The van der Waals surface area contributed by atoms with E-state index in [4.69, 9.17) is 37.6 Å². The van der Waals surface area contributed by atoms with Gasteiger partial charge in [0.15, 0.2) is 0 Å². The molecule has 12 N–H and O–H groups in total. The molecule has 11 nitrogen and oxygen atoms in total. The third-order valence-electron chi connectivity index (χ3n) is 1.97. The van der Waals surface area contributed by atoms with E-state index >= 15 is 0 Å². The highest BCUT2D eigenvalue weighted by atomic mass is 16.4. The minimum Gasteiger partial charge on any atom is -0.480 e. The quantitative estimate of drug-likeness (QED) is 0.208. The zero-order chi connectivity index (χ0) is 18.1. The Bertz CT molecular complexity index is 315. The molecule has 0 aromatic carbocycles. The number of carboxylic acids is 3. The number of carboxylic acid groups (broad SMARTS) is 3. The fourth-order valence-corrected chi connectivity index (χ4v) is 0.710. The summed E-state index contributed by atoms with van der Waals surface area (Å²) in [7, 11) is 0. The number of hydrogen-bond donors (Lipinski definition) is 8. The van der Waals surface area contributed by atoms with Crippen LogP contribution in [0.25, 0.3) is 0 Å². The fourth-order valence-electron chi connectivity index (χ4n) is 0.710. The fraction of sp³-hybridized carbons (Fsp3) is 0.727. The molecular formula is C11H26N4O7. The molecule has 0 aliphatic rings. The van der Waals surface area contributed by atoms with Crippen molar-refractivity contribution in [1.82, 2.24) is 0 Å². The van der Waals surface area contributed by atoms with Crippen LogP contribution in [0.4, 0.5) is 0 Å². The second kappa shape index (κ2) is 17.3. The smallest absolute Gasteiger partial charge is 0.322 e. The predicted octanol–water partition coefficient (Wildman–Crippen LogP) is -3.05. The topological polar surface area (TPSA) is 236 Å². The first-order chi connectivity index (χ1) is 10.1. The second-order valence-electron chi connectivity index (χ2n) is 3.95. The van der Waals surface area contributed by atoms with Gasteiger partial charge in [-0.25, -0.2) is 0 Å². The van der Waals surface area contributed by atoms with Gasteiger partial charge in [0.25, 0.3) is 0 Å². The number of aliphatic carboxylic acids is 3. The number of rotatable bonds is 8. The van der Waals surface area contributed by atoms with E-state index in [1.807, 2.05) is 0 Å². The van der Waals surface area contributed by atoms with Crippen LogP contribution in [-0.4, -0.2) is 70.1 Å². The number of hydrogen-bond acceptors (Lipinski definition) is 8. The van der Waals surface area contributed by atoms with E-state index in [0.29, 0.717) is 13.0 Å². The Balaban J connectivity index is -0.000000263. The monoisotopic (exact) mass is 326 g/mol. The summed E-state index contributed by atoms with van der Waals surface area (Å²) >= 11 is 0. The van der Waals surface area contributed by atoms with Crippen molar-refractivity contribution in [3.05, 3.63) is 0 Å². The van der Waals surface area contributed by atoms with E-state index in [9.17, 15) is 14.4 Å². The van der Waals surface area contributed by atoms with Crippen LogP contribution in [0.15, 0.2) is 0 Å². The van der Waals surface area contributed by atoms with Crippen LogP contribution in [-0.2, 0) is 14.4 Å². The molecule has 22 heavy (non-hydrogen) atoms. The van der Waals surface area contributed by atoms with Gasteiger partial charge in [0, 0.05) is 0 Å². The Morgan fingerprint density at radius 3 is 1.45 bits per heavy atom. The van der Waals surface area contributed by atoms with Gasteiger partial charge in [-0.1, -0.05) is 6.42 Å². The lowest BCUT2D eigenvalue weighted by Crippen LogP contribution is -2.33. The SMILES string of the molecule is NCC(=O)O.NCCCC[C@H](N)C(=O)O.N[C@@H](CO)C(=O)O. The van der Waals surface area contributed by atoms with Crippen LogP contribution in [0.1, 0.15) is 19.3 Å². The van der Waals surface area contributed by atoms with E-state index in [2.05, 4.69) is 5.73 Å². The summed E-state index contributed by atoms with van der Waals surface area (Å²) in [5.74, 6) is -3.08. The summed E-state index contributed by atoms with van der Waals surface area (Å²) in [6, 6.07) is -1.84. The Morgan fingerprint density at radius 1 is 0.864 bits per heavy atom. The average Bonchev–Trinajstić information content (AvgIpc) is 2.47. The van der Waals surface area contributed by atoms with Crippen molar-refractivity contribution in [3.8, 4) is 0 Å². The zero-order valence-electron chi connectivity index (χ0n) is 12.2. The number of nitrogens with two attached hydrogens (primary N) is 4. The largest absolute Gasteiger partial charge is 0.480 e. The molecule has 0 amide bonds. The summed E-state index contributed by atoms with van der Waals surface area (Å²) in [5, 5.41) is 31.8. The highest BCUT2D eigenvalue weighted by molar-refractivity contribution is 5.73. The van der Waals surface area contributed by atoms with E-state index in [1.165, 1.54) is 0 Å². The van der Waals surface area contributed by atoms with Crippen molar-refractivity contribution in [2.75, 3.05) is 19.7 Å². The Morgan fingerprint density at radius 2 is 1.27 bits per heavy atom. The van der Waals surface area contributed by atoms with Crippen molar-refractivity contribution >= 4 is 17.9 Å². The van der Waals surface area contributed by atoms with Gasteiger partial charge in [0.1, 0.15) is 12.1 Å². The normalized spacial score (nSPS) is 11.9. The number of aliphatic hydroxyl groups excluding tert-OH is 1. The molecular weight excluding hydrogens is 300 g/mol. The summed E-state index contributed by atoms with van der Waals surface area (Å²) in [6.45, 7) is -0.179. The number of carbonyl (C=O) groups is 3. The number of aliphatic hydroxyl groups is 1. The first-order valence-corrected chi connectivity index (χ1v) is 6.33. The highest BCUT2D eigenvalue weighted by Crippen LogP contribution is 1.96. The van der Waals surface area contributed by atoms with Gasteiger partial charge >= 0.3 is 17.9 Å². The molecule has 0 heterocycles. The lowest BCUT2D eigenvalue weighted by molar-refractivity contribution is -0.140. The van der Waals surface area contributed by atoms with Crippen molar-refractivity contribution in [1.29, 1.82) is 0 Å². The molecule has 2 atom stereocenters. The third kappa shape index (κ3) is 23.3. The summed E-state index contributed by atoms with van der Waals surface area (Å²) in [5.41, 5.74) is 19.8. The Hall–Kier alpha value is -1.79. The predicted molar refractivity (Wildman–Crippen MR) is 77.9 cm³/mol. The Labute approximate surface area is 127 Å². The van der Waals surface area contributed by atoms with E-state index in [-0.39, 0.29) is 6.54 Å². The molecule has 0 aliphatic carbocycles. The molecule has 0 unspecified atom stereocenters. The van der Waals surface area contributed by atoms with Crippen LogP contribution < -0.4 is 22.9 Å². The van der Waals surface area contributed by atoms with E-state index in [1.54, 1.807) is 0 Å². The van der Waals surface area contributed by atoms with Crippen LogP contribution in [0.5, 0.6) is 0 Å². The minimum atomic E-state index is -1.18. The van der Waals surface area contributed by atoms with Gasteiger partial charge in [-0.05, 0) is 19.4 Å². The van der Waals surface area contributed by atoms with Gasteiger partial charge in [0.05, 0.1) is 13.2 Å². The maximum atomic E-state index is 10.1. The molecule has 0 saturated carbocycles. The lowest BCUT2D eigenvalue weighted by atomic mass is 10.1. The summed E-state index contributed by atoms with van der Waals surface area (Å²) < 4.78 is 0. The van der Waals surface area contributed by atoms with Gasteiger partial charge < -0.3 is 43.4 Å². The van der Waals surface area contributed by atoms with E-state index < -0.39 is 36.6 Å². The molecule has 0 radical (unpaired) electrons. The van der Waals surface area contributed by atoms with Crippen LogP contribution in [0, 0.1) is 0 Å². The lowest BCUT2D eigenvalue weighted by Gasteiger charge is -2.03. The van der Waals surface area contributed by atoms with Crippen molar-refractivity contribution in [2.45, 2.75) is 31.3 Å². The van der Waals surface area contributed by atoms with Crippen LogP contribution >= 0.6 is 0 Å². The molecule has 0 spiro atoms. The Kier molecular flexibility index (Phi) is 19.8. The molecule has 0 aromatic rings. The van der Waals surface area contributed by atoms with Crippen molar-refractivity contribution in [2.24, 2.45) is 22.9 Å². The van der Waals surface area contributed by atoms with Gasteiger partial charge in [-0.2, -0.15) is 0 Å². The summed E-state index contributed by atoms with van der Waals surface area (Å²) in [6.07, 6.45) is 2.16. The molecule has 0 rings (SSSR count). The number of unbranched alkanes of at least 4 members (excludes halogenated alkanes) is 1. The molecule has 0 bridgehead atoms. The van der Waals surface area contributed by atoms with Crippen LogP contribution in [0.2, 0.25) is 0 Å². The first kappa shape index (κ1) is 25.2. The standard InChI is InChI=1S/C6H14N2O2.C3H7NO3.C2H5NO2/c7-4-2-1-3-5(8)6(9)10;4-2(1-5)3(6)7;3-1-2(4)5/h5H,1-4,7-8H2,(H,9,10);2,5H,1,4H2,(H,6,7);1,3H2,(H,4,5)/t5-;2-;/m00./s1. The summed E-state index contributed by atoms with van der Waals surface area (Å²) in [4.78, 5) is 29.0. The molecule has 0 saturated heterocycles. The first-order valence-electron chi connectivity index (χ1n) is 6.33. The van der Waals surface area contributed by atoms with Gasteiger partial charge in [-0.3, -0.25) is 14.4 Å². The van der Waals surface area contributed by atoms with E-state index in [0.717, 1.165) is 12.8 Å². The molecule has 11 heteroatoms. The maximum absolute atomic E-state index is 10.1. The minimum absolute atomic E-state index is 0.278. The van der Waals surface area contributed by atoms with Gasteiger partial charge in [0.2, 0.25) is 0 Å². The molecule has 0 fully saturated rings. The van der Waals surface area contributed by atoms with Gasteiger partial charge in [-0.15, -0.1) is 0 Å². The van der Waals surface area contributed by atoms with Crippen molar-refractivity contribution < 1.29 is 34.8 Å². The van der Waals surface area contributed by atoms with Crippen LogP contribution in [0.3, 0.4) is 0 Å². The molecule has 0 aliphatic heterocycles. The van der Waals surface area contributed by atoms with Crippen molar-refractivity contribution in [3.63, 3.8) is 0 Å². The molecule has 0 aromatic heterocycles.